The van der Waals surface area contributed by atoms with Gasteiger partial charge in [0.25, 0.3) is 0 Å². The molecule has 0 aliphatic rings. The van der Waals surface area contributed by atoms with Gasteiger partial charge < -0.3 is 46.7 Å². The Bertz CT molecular complexity index is 19.2. The van der Waals surface area contributed by atoms with Crippen LogP contribution in [0, 0.1) is 0 Å². The molecule has 0 aromatic rings. The summed E-state index contributed by atoms with van der Waals surface area (Å²) in [7, 11) is 0. The van der Waals surface area contributed by atoms with Gasteiger partial charge in [0.15, 0.2) is 0 Å². The summed E-state index contributed by atoms with van der Waals surface area (Å²) in [4.78, 5) is 0. The summed E-state index contributed by atoms with van der Waals surface area (Å²) >= 11 is 0. The third kappa shape index (κ3) is 857. The molecular weight excluding hydrogens is 317 g/mol. The fourth-order valence-corrected chi connectivity index (χ4v) is 0. The van der Waals surface area contributed by atoms with Crippen LogP contribution in [0.3, 0.4) is 0 Å². The standard InChI is InChI=1S/Co.Mn.Ni.3H2O3/c;;;3*1-3-2/h;;;3*1-2H/q3*+2;;;/p-6. The van der Waals surface area contributed by atoms with Crippen LogP contribution in [-0.2, 0) is 65.5 Å². The molecule has 12 heteroatoms. The van der Waals surface area contributed by atoms with Crippen molar-refractivity contribution in [2.75, 3.05) is 0 Å². The summed E-state index contributed by atoms with van der Waals surface area (Å²) in [5, 5.41) is 52.5. The number of rotatable bonds is 0. The number of hydrogen-bond donors (Lipinski definition) is 0. The van der Waals surface area contributed by atoms with Crippen LogP contribution in [0.15, 0.2) is 0 Å². The average molecular weight is 317 g/mol. The van der Waals surface area contributed by atoms with E-state index in [2.05, 4.69) is 0 Å². The summed E-state index contributed by atoms with van der Waals surface area (Å²) in [6, 6.07) is 0. The quantitative estimate of drug-likeness (QED) is 0.239. The van der Waals surface area contributed by atoms with Crippen LogP contribution in [-0.4, -0.2) is 0 Å². The van der Waals surface area contributed by atoms with Gasteiger partial charge in [-0.25, -0.2) is 0 Å². The van der Waals surface area contributed by atoms with E-state index < -0.39 is 0 Å². The molecule has 0 aliphatic heterocycles. The van der Waals surface area contributed by atoms with E-state index in [1.165, 1.54) is 0 Å². The summed E-state index contributed by atoms with van der Waals surface area (Å²) in [5.41, 5.74) is 0. The second-order valence-corrected chi connectivity index (χ2v) is 0.204. The minimum Gasteiger partial charge on any atom is -0.734 e. The van der Waals surface area contributed by atoms with Gasteiger partial charge in [0.05, 0.1) is 0 Å². The van der Waals surface area contributed by atoms with Crippen molar-refractivity contribution in [2.24, 2.45) is 0 Å². The van der Waals surface area contributed by atoms with Crippen molar-refractivity contribution >= 4 is 0 Å². The molecule has 0 saturated heterocycles. The van der Waals surface area contributed by atoms with Crippen LogP contribution < -0.4 is 31.5 Å². The van der Waals surface area contributed by atoms with Gasteiger partial charge in [-0.15, -0.1) is 0 Å². The van der Waals surface area contributed by atoms with E-state index in [1.54, 1.807) is 15.1 Å². The molecule has 12 heavy (non-hydrogen) atoms. The van der Waals surface area contributed by atoms with Crippen molar-refractivity contribution < 1.29 is 97.0 Å². The first-order valence-electron chi connectivity index (χ1n) is 1.00. The molecular formula is CoMnNiO9. The largest absolute Gasteiger partial charge is 2.00 e. The zero-order valence-electron chi connectivity index (χ0n) is 4.70. The maximum Gasteiger partial charge on any atom is 2.00 e. The van der Waals surface area contributed by atoms with E-state index in [0.717, 1.165) is 0 Å². The van der Waals surface area contributed by atoms with Crippen LogP contribution in [0.1, 0.15) is 0 Å². The van der Waals surface area contributed by atoms with Crippen molar-refractivity contribution in [3.63, 3.8) is 0 Å². The first kappa shape index (κ1) is 38.0. The Balaban J connectivity index is -0.00000001000. The van der Waals surface area contributed by atoms with Crippen LogP contribution in [0.2, 0.25) is 0 Å². The molecule has 0 aromatic heterocycles. The third-order valence-corrected chi connectivity index (χ3v) is 0. The fourth-order valence-electron chi connectivity index (χ4n) is 0. The van der Waals surface area contributed by atoms with E-state index in [4.69, 9.17) is 31.5 Å². The summed E-state index contributed by atoms with van der Waals surface area (Å²) < 4.78 is 0. The average Bonchev–Trinajstić information content (AvgIpc) is 1.70. The van der Waals surface area contributed by atoms with Crippen molar-refractivity contribution in [3.05, 3.63) is 0 Å². The number of hydrogen-bond acceptors (Lipinski definition) is 9. The molecule has 0 saturated carbocycles. The summed E-state index contributed by atoms with van der Waals surface area (Å²) in [6.07, 6.45) is 0. The van der Waals surface area contributed by atoms with E-state index in [9.17, 15) is 0 Å². The SMILES string of the molecule is [Co+2].[Mn+2].[Ni+2].[O-]O[O-].[O-]O[O-].[O-]O[O-]. The van der Waals surface area contributed by atoms with Crippen molar-refractivity contribution in [1.82, 2.24) is 0 Å². The molecule has 80 valence electrons. The Labute approximate surface area is 97.0 Å². The Hall–Kier alpha value is 1.16. The van der Waals surface area contributed by atoms with Crippen molar-refractivity contribution in [3.8, 4) is 0 Å². The second-order valence-electron chi connectivity index (χ2n) is 0.204. The first-order valence-corrected chi connectivity index (χ1v) is 1.00. The van der Waals surface area contributed by atoms with Crippen LogP contribution in [0.5, 0.6) is 0 Å². The minimum atomic E-state index is 0. The summed E-state index contributed by atoms with van der Waals surface area (Å²) in [6.45, 7) is 0. The molecule has 0 fully saturated rings. The molecule has 0 amide bonds. The zero-order chi connectivity index (χ0) is 8.12. The Kier molecular flexibility index (Phi) is 277. The van der Waals surface area contributed by atoms with Gasteiger partial charge in [-0.1, -0.05) is 0 Å². The Morgan fingerprint density at radius 3 is 0.583 bits per heavy atom. The van der Waals surface area contributed by atoms with Crippen molar-refractivity contribution in [2.45, 2.75) is 0 Å². The molecule has 0 heterocycles. The van der Waals surface area contributed by atoms with E-state index in [0.29, 0.717) is 0 Å². The molecule has 0 atom stereocenters. The second kappa shape index (κ2) is 87.5. The summed E-state index contributed by atoms with van der Waals surface area (Å²) in [5.74, 6) is 0. The predicted molar refractivity (Wildman–Crippen MR) is 3.25 cm³/mol. The molecule has 0 aromatic carbocycles. The van der Waals surface area contributed by atoms with Crippen LogP contribution >= 0.6 is 0 Å². The Morgan fingerprint density at radius 1 is 0.583 bits per heavy atom. The molecule has 0 rings (SSSR count). The maximum atomic E-state index is 7.88. The monoisotopic (exact) mass is 316 g/mol. The predicted octanol–water partition coefficient (Wildman–Crippen LogP) is -7.35. The fraction of sp³-hybridized carbons (Fsp3) is 0. The van der Waals surface area contributed by atoms with Gasteiger partial charge >= 0.3 is 50.3 Å². The van der Waals surface area contributed by atoms with Gasteiger partial charge in [-0.2, -0.15) is 0 Å². The first-order chi connectivity index (χ1) is 4.24. The van der Waals surface area contributed by atoms with Crippen LogP contribution in [0.4, 0.5) is 0 Å². The molecule has 0 N–H and O–H groups in total. The Morgan fingerprint density at radius 2 is 0.583 bits per heavy atom. The van der Waals surface area contributed by atoms with E-state index >= 15 is 0 Å². The van der Waals surface area contributed by atoms with Gasteiger partial charge in [0, 0.05) is 0 Å². The van der Waals surface area contributed by atoms with Gasteiger partial charge in [0.2, 0.25) is 0 Å². The molecule has 2 radical (unpaired) electrons. The van der Waals surface area contributed by atoms with Gasteiger partial charge in [-0.05, 0) is 0 Å². The van der Waals surface area contributed by atoms with E-state index in [-0.39, 0.29) is 50.3 Å². The van der Waals surface area contributed by atoms with Gasteiger partial charge in [-0.3, -0.25) is 0 Å². The maximum absolute atomic E-state index is 7.88. The topological polar surface area (TPSA) is 166 Å². The van der Waals surface area contributed by atoms with Crippen LogP contribution in [0.25, 0.3) is 0 Å². The molecule has 0 aliphatic carbocycles. The molecule has 0 spiro atoms. The normalized spacial score (nSPS) is 4.50. The molecule has 0 unspecified atom stereocenters. The van der Waals surface area contributed by atoms with Gasteiger partial charge in [0.1, 0.15) is 0 Å². The minimum absolute atomic E-state index is 0. The third-order valence-electron chi connectivity index (χ3n) is 0. The van der Waals surface area contributed by atoms with Crippen molar-refractivity contribution in [1.29, 1.82) is 0 Å². The zero-order valence-corrected chi connectivity index (χ0v) is 7.91. The smallest absolute Gasteiger partial charge is 0.734 e. The van der Waals surface area contributed by atoms with E-state index in [1.807, 2.05) is 0 Å². The molecule has 0 bridgehead atoms. The molecule has 9 nitrogen and oxygen atoms in total.